The van der Waals surface area contributed by atoms with E-state index in [0.29, 0.717) is 29.4 Å². The number of ether oxygens (including phenoxy) is 2. The van der Waals surface area contributed by atoms with Gasteiger partial charge in [0, 0.05) is 18.5 Å². The van der Waals surface area contributed by atoms with Crippen LogP contribution in [0.2, 0.25) is 0 Å². The number of nitrogens with one attached hydrogen (secondary N) is 3. The topological polar surface area (TPSA) is 88.7 Å². The van der Waals surface area contributed by atoms with E-state index in [1.54, 1.807) is 31.4 Å². The number of hydrogen-bond acceptors (Lipinski definition) is 5. The molecule has 0 aliphatic rings. The Morgan fingerprint density at radius 3 is 2.38 bits per heavy atom. The van der Waals surface area contributed by atoms with E-state index in [-0.39, 0.29) is 11.9 Å². The van der Waals surface area contributed by atoms with Gasteiger partial charge in [-0.05, 0) is 49.3 Å². The first kappa shape index (κ1) is 19.7. The zero-order valence-corrected chi connectivity index (χ0v) is 14.7. The molecule has 0 bridgehead atoms. The molecule has 0 fully saturated rings. The van der Waals surface area contributed by atoms with Gasteiger partial charge < -0.3 is 14.8 Å². The van der Waals surface area contributed by atoms with Crippen molar-refractivity contribution >= 4 is 29.2 Å². The van der Waals surface area contributed by atoms with Crippen molar-refractivity contribution in [1.29, 1.82) is 0 Å². The summed E-state index contributed by atoms with van der Waals surface area (Å²) in [5.41, 5.74) is 5.65. The maximum Gasteiger partial charge on any atom is 0.305 e. The summed E-state index contributed by atoms with van der Waals surface area (Å²) in [4.78, 5) is 22.8. The standard InChI is InChI=1S/C16H23N3O4S/c1-22-13-9-7-12(8-10-13)15(21)18-19-16(24)17-11-5-3-4-6-14(20)23-2/h7-10H,3-6,11H2,1-2H3,(H,18,21)(H2,17,19,24). The third kappa shape index (κ3) is 7.77. The number of carbonyl (C=O) groups excluding carboxylic acids is 2. The Labute approximate surface area is 147 Å². The van der Waals surface area contributed by atoms with Gasteiger partial charge in [0.15, 0.2) is 5.11 Å². The first-order valence-electron chi connectivity index (χ1n) is 7.62. The highest BCUT2D eigenvalue weighted by Gasteiger charge is 2.05. The molecule has 7 nitrogen and oxygen atoms in total. The lowest BCUT2D eigenvalue weighted by Gasteiger charge is -2.11. The van der Waals surface area contributed by atoms with Crippen LogP contribution in [0, 0.1) is 0 Å². The highest BCUT2D eigenvalue weighted by molar-refractivity contribution is 7.80. The molecule has 1 aromatic carbocycles. The van der Waals surface area contributed by atoms with Crippen LogP contribution in [-0.2, 0) is 9.53 Å². The molecule has 0 saturated heterocycles. The second kappa shape index (κ2) is 11.2. The minimum atomic E-state index is -0.292. The van der Waals surface area contributed by atoms with Crippen molar-refractivity contribution in [3.8, 4) is 5.75 Å². The van der Waals surface area contributed by atoms with Crippen molar-refractivity contribution in [1.82, 2.24) is 16.2 Å². The molecule has 132 valence electrons. The Hall–Kier alpha value is -2.35. The zero-order chi connectivity index (χ0) is 17.8. The van der Waals surface area contributed by atoms with Crippen LogP contribution in [0.3, 0.4) is 0 Å². The van der Waals surface area contributed by atoms with E-state index in [2.05, 4.69) is 20.9 Å². The third-order valence-corrected chi connectivity index (χ3v) is 3.46. The Morgan fingerprint density at radius 2 is 1.75 bits per heavy atom. The molecule has 0 spiro atoms. The number of methoxy groups -OCH3 is 2. The van der Waals surface area contributed by atoms with Gasteiger partial charge in [0.05, 0.1) is 14.2 Å². The zero-order valence-electron chi connectivity index (χ0n) is 13.9. The quantitative estimate of drug-likeness (QED) is 0.283. The molecule has 24 heavy (non-hydrogen) atoms. The van der Waals surface area contributed by atoms with Crippen molar-refractivity contribution in [3.63, 3.8) is 0 Å². The van der Waals surface area contributed by atoms with Gasteiger partial charge in [-0.1, -0.05) is 6.42 Å². The highest BCUT2D eigenvalue weighted by Crippen LogP contribution is 2.10. The average Bonchev–Trinajstić information content (AvgIpc) is 2.62. The van der Waals surface area contributed by atoms with Crippen LogP contribution >= 0.6 is 12.2 Å². The highest BCUT2D eigenvalue weighted by atomic mass is 32.1. The lowest BCUT2D eigenvalue weighted by atomic mass is 10.2. The molecule has 0 aliphatic carbocycles. The number of thiocarbonyl (C=S) groups is 1. The summed E-state index contributed by atoms with van der Waals surface area (Å²) in [6.07, 6.45) is 2.97. The van der Waals surface area contributed by atoms with Gasteiger partial charge in [-0.25, -0.2) is 0 Å². The number of carbonyl (C=O) groups is 2. The largest absolute Gasteiger partial charge is 0.497 e. The van der Waals surface area contributed by atoms with E-state index in [1.807, 2.05) is 0 Å². The Kier molecular flexibility index (Phi) is 9.21. The Morgan fingerprint density at radius 1 is 1.04 bits per heavy atom. The molecule has 0 heterocycles. The number of esters is 1. The Bertz CT molecular complexity index is 549. The summed E-state index contributed by atoms with van der Waals surface area (Å²) in [6, 6.07) is 6.74. The van der Waals surface area contributed by atoms with Crippen molar-refractivity contribution in [2.45, 2.75) is 25.7 Å². The third-order valence-electron chi connectivity index (χ3n) is 3.21. The van der Waals surface area contributed by atoms with E-state index in [1.165, 1.54) is 7.11 Å². The second-order valence-corrected chi connectivity index (χ2v) is 5.36. The number of amides is 1. The van der Waals surface area contributed by atoms with Gasteiger partial charge in [-0.3, -0.25) is 20.4 Å². The van der Waals surface area contributed by atoms with Gasteiger partial charge in [0.1, 0.15) is 5.75 Å². The number of hydrazine groups is 1. The molecule has 0 atom stereocenters. The first-order chi connectivity index (χ1) is 11.6. The lowest BCUT2D eigenvalue weighted by Crippen LogP contribution is -2.46. The van der Waals surface area contributed by atoms with Crippen LogP contribution in [0.4, 0.5) is 0 Å². The van der Waals surface area contributed by atoms with Crippen LogP contribution in [0.5, 0.6) is 5.75 Å². The van der Waals surface area contributed by atoms with Crippen LogP contribution in [0.25, 0.3) is 0 Å². The van der Waals surface area contributed by atoms with Gasteiger partial charge in [-0.2, -0.15) is 0 Å². The molecule has 1 aromatic rings. The van der Waals surface area contributed by atoms with Crippen LogP contribution in [0.1, 0.15) is 36.0 Å². The minimum Gasteiger partial charge on any atom is -0.497 e. The van der Waals surface area contributed by atoms with Crippen LogP contribution < -0.4 is 20.9 Å². The fraction of sp³-hybridized carbons (Fsp3) is 0.438. The molecule has 1 rings (SSSR count). The van der Waals surface area contributed by atoms with Gasteiger partial charge in [0.25, 0.3) is 5.91 Å². The SMILES string of the molecule is COC(=O)CCCCCNC(=S)NNC(=O)c1ccc(OC)cc1. The molecule has 0 radical (unpaired) electrons. The summed E-state index contributed by atoms with van der Waals surface area (Å²) in [6.45, 7) is 0.658. The minimum absolute atomic E-state index is 0.193. The first-order valence-corrected chi connectivity index (χ1v) is 8.02. The fourth-order valence-corrected chi connectivity index (χ4v) is 2.00. The van der Waals surface area contributed by atoms with E-state index in [4.69, 9.17) is 17.0 Å². The molecule has 3 N–H and O–H groups in total. The van der Waals surface area contributed by atoms with E-state index >= 15 is 0 Å². The van der Waals surface area contributed by atoms with E-state index in [0.717, 1.165) is 19.3 Å². The number of hydrogen-bond donors (Lipinski definition) is 3. The molecule has 0 aliphatic heterocycles. The molecule has 0 unspecified atom stereocenters. The Balaban J connectivity index is 2.14. The lowest BCUT2D eigenvalue weighted by molar-refractivity contribution is -0.140. The van der Waals surface area contributed by atoms with Crippen LogP contribution in [0.15, 0.2) is 24.3 Å². The van der Waals surface area contributed by atoms with Gasteiger partial charge in [-0.15, -0.1) is 0 Å². The molecule has 1 amide bonds. The van der Waals surface area contributed by atoms with E-state index in [9.17, 15) is 9.59 Å². The van der Waals surface area contributed by atoms with Crippen molar-refractivity contribution in [3.05, 3.63) is 29.8 Å². The van der Waals surface area contributed by atoms with Crippen molar-refractivity contribution in [2.75, 3.05) is 20.8 Å². The maximum atomic E-state index is 11.9. The van der Waals surface area contributed by atoms with Crippen molar-refractivity contribution in [2.24, 2.45) is 0 Å². The predicted molar refractivity (Wildman–Crippen MR) is 94.7 cm³/mol. The summed E-state index contributed by atoms with van der Waals surface area (Å²) < 4.78 is 9.60. The normalized spacial score (nSPS) is 9.75. The molecule has 8 heteroatoms. The molecule has 0 saturated carbocycles. The maximum absolute atomic E-state index is 11.9. The second-order valence-electron chi connectivity index (χ2n) is 4.95. The number of benzene rings is 1. The monoisotopic (exact) mass is 353 g/mol. The smallest absolute Gasteiger partial charge is 0.305 e. The summed E-state index contributed by atoms with van der Waals surface area (Å²) in [5.74, 6) is 0.199. The molecular weight excluding hydrogens is 330 g/mol. The molecule has 0 aromatic heterocycles. The number of rotatable bonds is 8. The number of unbranched alkanes of at least 4 members (excludes halogenated alkanes) is 2. The summed E-state index contributed by atoms with van der Waals surface area (Å²) >= 11 is 5.07. The fourth-order valence-electron chi connectivity index (χ4n) is 1.85. The van der Waals surface area contributed by atoms with Gasteiger partial charge in [0.2, 0.25) is 0 Å². The van der Waals surface area contributed by atoms with Crippen LogP contribution in [-0.4, -0.2) is 37.8 Å². The van der Waals surface area contributed by atoms with Gasteiger partial charge >= 0.3 is 5.97 Å². The predicted octanol–water partition coefficient (Wildman–Crippen LogP) is 1.54. The van der Waals surface area contributed by atoms with Crippen molar-refractivity contribution < 1.29 is 19.1 Å². The summed E-state index contributed by atoms with van der Waals surface area (Å²) in [7, 11) is 2.95. The van der Waals surface area contributed by atoms with E-state index < -0.39 is 0 Å². The molecular formula is C16H23N3O4S. The average molecular weight is 353 g/mol. The summed E-state index contributed by atoms with van der Waals surface area (Å²) in [5, 5.41) is 3.32.